The average Bonchev–Trinajstić information content (AvgIpc) is 3.17. The van der Waals surface area contributed by atoms with Crippen molar-refractivity contribution in [2.24, 2.45) is 0 Å². The molecule has 1 amide bonds. The van der Waals surface area contributed by atoms with Crippen LogP contribution in [-0.4, -0.2) is 17.5 Å². The van der Waals surface area contributed by atoms with Crippen molar-refractivity contribution < 1.29 is 13.9 Å². The first-order valence-electron chi connectivity index (χ1n) is 10.2. The van der Waals surface area contributed by atoms with Crippen LogP contribution in [0.3, 0.4) is 0 Å². The number of aryl methyl sites for hydroxylation is 1. The van der Waals surface area contributed by atoms with Crippen LogP contribution in [0.4, 0.5) is 5.82 Å². The monoisotopic (exact) mass is 412 g/mol. The molecular weight excluding hydrogens is 388 g/mol. The SMILES string of the molecule is CCOc1cc2occ(-c3ccccc3)c2cc1/C(C)=C/C(=O)Nc1cccc(C)n1. The minimum absolute atomic E-state index is 0.242. The number of aromatic nitrogens is 1. The second kappa shape index (κ2) is 8.88. The fraction of sp³-hybridized carbons (Fsp3) is 0.154. The van der Waals surface area contributed by atoms with E-state index in [0.717, 1.165) is 38.9 Å². The Balaban J connectivity index is 1.72. The highest BCUT2D eigenvalue weighted by Crippen LogP contribution is 2.37. The van der Waals surface area contributed by atoms with Crippen molar-refractivity contribution in [1.29, 1.82) is 0 Å². The second-order valence-electron chi connectivity index (χ2n) is 7.27. The summed E-state index contributed by atoms with van der Waals surface area (Å²) in [6, 6.07) is 19.5. The number of furan rings is 1. The van der Waals surface area contributed by atoms with Crippen molar-refractivity contribution in [3.63, 3.8) is 0 Å². The van der Waals surface area contributed by atoms with Gasteiger partial charge in [0.2, 0.25) is 5.91 Å². The van der Waals surface area contributed by atoms with Crippen LogP contribution in [0.25, 0.3) is 27.7 Å². The molecule has 2 aromatic carbocycles. The first-order chi connectivity index (χ1) is 15.0. The van der Waals surface area contributed by atoms with Gasteiger partial charge in [-0.25, -0.2) is 4.98 Å². The van der Waals surface area contributed by atoms with E-state index in [1.54, 1.807) is 18.4 Å². The maximum atomic E-state index is 12.6. The molecule has 1 N–H and O–H groups in total. The third-order valence-corrected chi connectivity index (χ3v) is 4.97. The Kier molecular flexibility index (Phi) is 5.85. The Morgan fingerprint density at radius 1 is 1.13 bits per heavy atom. The predicted octanol–water partition coefficient (Wildman–Crippen LogP) is 6.24. The number of fused-ring (bicyclic) bond motifs is 1. The number of hydrogen-bond acceptors (Lipinski definition) is 4. The first-order valence-corrected chi connectivity index (χ1v) is 10.2. The molecule has 0 unspecified atom stereocenters. The van der Waals surface area contributed by atoms with Crippen molar-refractivity contribution in [3.8, 4) is 16.9 Å². The van der Waals surface area contributed by atoms with Crippen LogP contribution >= 0.6 is 0 Å². The zero-order valence-corrected chi connectivity index (χ0v) is 17.8. The summed E-state index contributed by atoms with van der Waals surface area (Å²) in [5.74, 6) is 0.962. The maximum Gasteiger partial charge on any atom is 0.249 e. The van der Waals surface area contributed by atoms with E-state index >= 15 is 0 Å². The van der Waals surface area contributed by atoms with Gasteiger partial charge in [-0.1, -0.05) is 36.4 Å². The number of pyridine rings is 1. The van der Waals surface area contributed by atoms with Crippen molar-refractivity contribution in [2.45, 2.75) is 20.8 Å². The minimum Gasteiger partial charge on any atom is -0.493 e. The third-order valence-electron chi connectivity index (χ3n) is 4.97. The Hall–Kier alpha value is -3.86. The van der Waals surface area contributed by atoms with Crippen LogP contribution < -0.4 is 10.1 Å². The molecule has 5 heteroatoms. The fourth-order valence-electron chi connectivity index (χ4n) is 3.53. The molecule has 0 atom stereocenters. The Labute approximate surface area is 181 Å². The molecule has 0 aliphatic rings. The van der Waals surface area contributed by atoms with Crippen molar-refractivity contribution in [2.75, 3.05) is 11.9 Å². The number of allylic oxidation sites excluding steroid dienone is 1. The molecule has 31 heavy (non-hydrogen) atoms. The number of carbonyl (C=O) groups excluding carboxylic acids is 1. The standard InChI is InChI=1S/C26H24N2O3/c1-4-30-23-15-24-21(22(16-31-24)19-10-6-5-7-11-19)14-20(23)17(2)13-26(29)28-25-12-8-9-18(3)27-25/h5-16H,4H2,1-3H3,(H,27,28,29)/b17-13+. The smallest absolute Gasteiger partial charge is 0.249 e. The molecule has 0 saturated carbocycles. The molecule has 0 aliphatic carbocycles. The highest BCUT2D eigenvalue weighted by atomic mass is 16.5. The third kappa shape index (κ3) is 4.51. The molecule has 156 valence electrons. The van der Waals surface area contributed by atoms with E-state index in [4.69, 9.17) is 9.15 Å². The molecule has 2 aromatic heterocycles. The van der Waals surface area contributed by atoms with Gasteiger partial charge in [0.25, 0.3) is 0 Å². The summed E-state index contributed by atoms with van der Waals surface area (Å²) in [6.07, 6.45) is 3.32. The molecule has 4 rings (SSSR count). The van der Waals surface area contributed by atoms with Gasteiger partial charge < -0.3 is 14.5 Å². The van der Waals surface area contributed by atoms with Gasteiger partial charge in [0.15, 0.2) is 0 Å². The molecule has 0 fully saturated rings. The number of carbonyl (C=O) groups is 1. The number of benzene rings is 2. The van der Waals surface area contributed by atoms with Crippen molar-refractivity contribution >= 4 is 28.3 Å². The van der Waals surface area contributed by atoms with Crippen LogP contribution in [0.15, 0.2) is 77.4 Å². The zero-order valence-electron chi connectivity index (χ0n) is 17.8. The summed E-state index contributed by atoms with van der Waals surface area (Å²) in [6.45, 7) is 6.23. The lowest BCUT2D eigenvalue weighted by atomic mass is 9.99. The Morgan fingerprint density at radius 2 is 1.94 bits per heavy atom. The summed E-state index contributed by atoms with van der Waals surface area (Å²) in [7, 11) is 0. The van der Waals surface area contributed by atoms with E-state index in [2.05, 4.69) is 10.3 Å². The van der Waals surface area contributed by atoms with Gasteiger partial charge in [0.05, 0.1) is 12.9 Å². The predicted molar refractivity (Wildman–Crippen MR) is 124 cm³/mol. The molecule has 0 aliphatic heterocycles. The quantitative estimate of drug-likeness (QED) is 0.381. The van der Waals surface area contributed by atoms with Gasteiger partial charge in [0, 0.05) is 34.3 Å². The largest absolute Gasteiger partial charge is 0.493 e. The molecule has 0 spiro atoms. The minimum atomic E-state index is -0.242. The summed E-state index contributed by atoms with van der Waals surface area (Å²) >= 11 is 0. The normalized spacial score (nSPS) is 11.5. The molecule has 4 aromatic rings. The van der Waals surface area contributed by atoms with Gasteiger partial charge >= 0.3 is 0 Å². The Bertz CT molecular complexity index is 1260. The van der Waals surface area contributed by atoms with Gasteiger partial charge in [0.1, 0.15) is 17.2 Å². The molecule has 0 bridgehead atoms. The maximum absolute atomic E-state index is 12.6. The van der Waals surface area contributed by atoms with Gasteiger partial charge in [-0.15, -0.1) is 0 Å². The molecule has 0 saturated heterocycles. The average molecular weight is 412 g/mol. The van der Waals surface area contributed by atoms with Gasteiger partial charge in [-0.05, 0) is 50.1 Å². The van der Waals surface area contributed by atoms with Gasteiger partial charge in [-0.3, -0.25) is 4.79 Å². The van der Waals surface area contributed by atoms with E-state index in [-0.39, 0.29) is 5.91 Å². The summed E-state index contributed by atoms with van der Waals surface area (Å²) < 4.78 is 11.7. The van der Waals surface area contributed by atoms with Crippen LogP contribution in [0.1, 0.15) is 25.1 Å². The first kappa shape index (κ1) is 20.4. The zero-order chi connectivity index (χ0) is 21.8. The number of anilines is 1. The molecule has 0 radical (unpaired) electrons. The Morgan fingerprint density at radius 3 is 2.68 bits per heavy atom. The number of ether oxygens (including phenoxy) is 1. The molecular formula is C26H24N2O3. The number of rotatable bonds is 6. The lowest BCUT2D eigenvalue weighted by Crippen LogP contribution is -2.10. The lowest BCUT2D eigenvalue weighted by molar-refractivity contribution is -0.111. The van der Waals surface area contributed by atoms with Crippen LogP contribution in [0.5, 0.6) is 5.75 Å². The second-order valence-corrected chi connectivity index (χ2v) is 7.27. The number of amides is 1. The highest BCUT2D eigenvalue weighted by Gasteiger charge is 2.15. The van der Waals surface area contributed by atoms with Crippen molar-refractivity contribution in [1.82, 2.24) is 4.98 Å². The summed E-state index contributed by atoms with van der Waals surface area (Å²) in [5, 5.41) is 3.79. The molecule has 5 nitrogen and oxygen atoms in total. The topological polar surface area (TPSA) is 64.4 Å². The van der Waals surface area contributed by atoms with E-state index in [9.17, 15) is 4.79 Å². The van der Waals surface area contributed by atoms with E-state index in [0.29, 0.717) is 18.2 Å². The van der Waals surface area contributed by atoms with Crippen LogP contribution in [0.2, 0.25) is 0 Å². The number of hydrogen-bond donors (Lipinski definition) is 1. The van der Waals surface area contributed by atoms with E-state index in [1.165, 1.54) is 0 Å². The van der Waals surface area contributed by atoms with Gasteiger partial charge in [-0.2, -0.15) is 0 Å². The summed E-state index contributed by atoms with van der Waals surface area (Å²) in [4.78, 5) is 16.9. The number of nitrogens with one attached hydrogen (secondary N) is 1. The van der Waals surface area contributed by atoms with E-state index < -0.39 is 0 Å². The van der Waals surface area contributed by atoms with Crippen LogP contribution in [0, 0.1) is 6.92 Å². The van der Waals surface area contributed by atoms with Crippen LogP contribution in [-0.2, 0) is 4.79 Å². The number of nitrogens with zero attached hydrogens (tertiary/aromatic N) is 1. The van der Waals surface area contributed by atoms with E-state index in [1.807, 2.05) is 75.4 Å². The molecule has 2 heterocycles. The van der Waals surface area contributed by atoms with Crippen molar-refractivity contribution in [3.05, 3.63) is 84.3 Å². The summed E-state index contributed by atoms with van der Waals surface area (Å²) in [5.41, 5.74) is 5.29. The fourth-order valence-corrected chi connectivity index (χ4v) is 3.53. The lowest BCUT2D eigenvalue weighted by Gasteiger charge is -2.12. The highest BCUT2D eigenvalue weighted by molar-refractivity contribution is 6.05.